The second-order valence-corrected chi connectivity index (χ2v) is 4.24. The summed E-state index contributed by atoms with van der Waals surface area (Å²) in [5.41, 5.74) is 0.434. The first-order valence-corrected chi connectivity index (χ1v) is 5.48. The highest BCUT2D eigenvalue weighted by Crippen LogP contribution is 2.20. The van der Waals surface area contributed by atoms with Crippen molar-refractivity contribution in [2.45, 2.75) is 19.8 Å². The molecule has 0 unspecified atom stereocenters. The number of halogens is 2. The Morgan fingerprint density at radius 3 is 2.33 bits per heavy atom. The van der Waals surface area contributed by atoms with Crippen LogP contribution in [-0.4, -0.2) is 9.78 Å². The van der Waals surface area contributed by atoms with Gasteiger partial charge >= 0.3 is 0 Å². The number of nitriles is 1. The molecule has 1 heterocycles. The largest absolute Gasteiger partial charge is 0.235 e. The third-order valence-corrected chi connectivity index (χ3v) is 2.58. The van der Waals surface area contributed by atoms with E-state index in [2.05, 4.69) is 5.10 Å². The molecule has 0 spiro atoms. The lowest BCUT2D eigenvalue weighted by Gasteiger charge is -2.06. The third kappa shape index (κ3) is 2.09. The summed E-state index contributed by atoms with van der Waals surface area (Å²) in [4.78, 5) is 0. The first kappa shape index (κ1) is 12.2. The number of hydrogen-bond donors (Lipinski definition) is 0. The fraction of sp³-hybridized carbons (Fsp3) is 0.231. The molecule has 1 aromatic heterocycles. The Balaban J connectivity index is 2.54. The summed E-state index contributed by atoms with van der Waals surface area (Å²) in [6.45, 7) is 3.89. The molecule has 0 amide bonds. The molecular weight excluding hydrogens is 236 g/mol. The molecule has 0 N–H and O–H groups in total. The van der Waals surface area contributed by atoms with Gasteiger partial charge in [0.1, 0.15) is 5.69 Å². The zero-order valence-corrected chi connectivity index (χ0v) is 9.98. The van der Waals surface area contributed by atoms with E-state index in [0.29, 0.717) is 0 Å². The Hall–Kier alpha value is -2.22. The molecule has 0 aliphatic carbocycles. The lowest BCUT2D eigenvalue weighted by atomic mass is 10.1. The topological polar surface area (TPSA) is 41.6 Å². The molecule has 18 heavy (non-hydrogen) atoms. The van der Waals surface area contributed by atoms with Crippen LogP contribution in [0, 0.1) is 23.0 Å². The Morgan fingerprint density at radius 1 is 1.28 bits per heavy atom. The summed E-state index contributed by atoms with van der Waals surface area (Å²) in [5, 5.41) is 12.7. The average Bonchev–Trinajstić information content (AvgIpc) is 2.77. The number of hydrogen-bond acceptors (Lipinski definition) is 2. The number of rotatable bonds is 2. The van der Waals surface area contributed by atoms with Gasteiger partial charge in [0.25, 0.3) is 0 Å². The Bertz CT molecular complexity index is 600. The molecule has 0 saturated carbocycles. The molecule has 0 saturated heterocycles. The van der Waals surface area contributed by atoms with Gasteiger partial charge in [-0.1, -0.05) is 13.8 Å². The third-order valence-electron chi connectivity index (χ3n) is 2.58. The molecule has 0 aliphatic rings. The van der Waals surface area contributed by atoms with Crippen LogP contribution < -0.4 is 0 Å². The minimum atomic E-state index is -0.801. The van der Waals surface area contributed by atoms with Crippen molar-refractivity contribution in [3.8, 4) is 11.8 Å². The van der Waals surface area contributed by atoms with Crippen LogP contribution in [0.5, 0.6) is 0 Å². The fourth-order valence-electron chi connectivity index (χ4n) is 1.62. The standard InChI is InChI=1S/C13H11F2N3/c1-8(2)12-3-4-18(17-12)13-10(14)5-9(7-16)6-11(13)15/h3-6,8H,1-2H3. The predicted octanol–water partition coefficient (Wildman–Crippen LogP) is 3.15. The van der Waals surface area contributed by atoms with Gasteiger partial charge in [-0.05, 0) is 24.1 Å². The molecule has 0 fully saturated rings. The number of aromatic nitrogens is 2. The average molecular weight is 247 g/mol. The minimum absolute atomic E-state index is 0.0509. The smallest absolute Gasteiger partial charge is 0.153 e. The van der Waals surface area contributed by atoms with Crippen molar-refractivity contribution in [2.75, 3.05) is 0 Å². The van der Waals surface area contributed by atoms with E-state index in [4.69, 9.17) is 5.26 Å². The van der Waals surface area contributed by atoms with Gasteiger partial charge in [-0.3, -0.25) is 0 Å². The molecule has 0 bridgehead atoms. The van der Waals surface area contributed by atoms with Gasteiger partial charge < -0.3 is 0 Å². The van der Waals surface area contributed by atoms with Gasteiger partial charge in [0.15, 0.2) is 11.6 Å². The molecule has 0 atom stereocenters. The van der Waals surface area contributed by atoms with E-state index in [1.807, 2.05) is 13.8 Å². The van der Waals surface area contributed by atoms with E-state index in [9.17, 15) is 8.78 Å². The van der Waals surface area contributed by atoms with E-state index >= 15 is 0 Å². The summed E-state index contributed by atoms with van der Waals surface area (Å²) in [7, 11) is 0. The fourth-order valence-corrected chi connectivity index (χ4v) is 1.62. The van der Waals surface area contributed by atoms with Crippen LogP contribution in [0.1, 0.15) is 31.0 Å². The molecule has 0 radical (unpaired) electrons. The van der Waals surface area contributed by atoms with Crippen molar-refractivity contribution in [3.63, 3.8) is 0 Å². The predicted molar refractivity (Wildman–Crippen MR) is 62.3 cm³/mol. The van der Waals surface area contributed by atoms with E-state index in [1.165, 1.54) is 6.20 Å². The van der Waals surface area contributed by atoms with Crippen molar-refractivity contribution < 1.29 is 8.78 Å². The quantitative estimate of drug-likeness (QED) is 0.818. The summed E-state index contributed by atoms with van der Waals surface area (Å²) >= 11 is 0. The Morgan fingerprint density at radius 2 is 1.89 bits per heavy atom. The first-order valence-electron chi connectivity index (χ1n) is 5.48. The molecular formula is C13H11F2N3. The van der Waals surface area contributed by atoms with Gasteiger partial charge in [0.05, 0.1) is 17.3 Å². The highest BCUT2D eigenvalue weighted by atomic mass is 19.1. The van der Waals surface area contributed by atoms with E-state index in [-0.39, 0.29) is 17.2 Å². The van der Waals surface area contributed by atoms with Crippen LogP contribution in [0.3, 0.4) is 0 Å². The summed E-state index contributed by atoms with van der Waals surface area (Å²) < 4.78 is 28.6. The normalized spacial score (nSPS) is 10.7. The van der Waals surface area contributed by atoms with Crippen LogP contribution in [0.2, 0.25) is 0 Å². The van der Waals surface area contributed by atoms with Gasteiger partial charge in [0, 0.05) is 6.20 Å². The van der Waals surface area contributed by atoms with Gasteiger partial charge in [-0.2, -0.15) is 10.4 Å². The minimum Gasteiger partial charge on any atom is -0.235 e. The molecule has 3 nitrogen and oxygen atoms in total. The monoisotopic (exact) mass is 247 g/mol. The Labute approximate surface area is 103 Å². The van der Waals surface area contributed by atoms with Crippen LogP contribution in [-0.2, 0) is 0 Å². The lowest BCUT2D eigenvalue weighted by molar-refractivity contribution is 0.557. The zero-order chi connectivity index (χ0) is 13.3. The lowest BCUT2D eigenvalue weighted by Crippen LogP contribution is -2.04. The number of benzene rings is 1. The molecule has 92 valence electrons. The van der Waals surface area contributed by atoms with Crippen LogP contribution in [0.15, 0.2) is 24.4 Å². The second kappa shape index (κ2) is 4.57. The maximum absolute atomic E-state index is 13.7. The first-order chi connectivity index (χ1) is 8.52. The highest BCUT2D eigenvalue weighted by Gasteiger charge is 2.15. The zero-order valence-electron chi connectivity index (χ0n) is 9.98. The maximum Gasteiger partial charge on any atom is 0.153 e. The van der Waals surface area contributed by atoms with Crippen molar-refractivity contribution in [3.05, 3.63) is 47.3 Å². The number of nitrogens with zero attached hydrogens (tertiary/aromatic N) is 3. The molecule has 0 aliphatic heterocycles. The van der Waals surface area contributed by atoms with Crippen molar-refractivity contribution >= 4 is 0 Å². The Kier molecular flexibility index (Phi) is 3.11. The molecule has 2 rings (SSSR count). The summed E-state index contributed by atoms with van der Waals surface area (Å²) in [5.74, 6) is -1.43. The van der Waals surface area contributed by atoms with Gasteiger partial charge in [0.2, 0.25) is 0 Å². The van der Waals surface area contributed by atoms with Crippen LogP contribution in [0.4, 0.5) is 8.78 Å². The van der Waals surface area contributed by atoms with Crippen LogP contribution >= 0.6 is 0 Å². The highest BCUT2D eigenvalue weighted by molar-refractivity contribution is 5.42. The second-order valence-electron chi connectivity index (χ2n) is 4.24. The van der Waals surface area contributed by atoms with E-state index < -0.39 is 11.6 Å². The summed E-state index contributed by atoms with van der Waals surface area (Å²) in [6.07, 6.45) is 1.50. The molecule has 5 heteroatoms. The van der Waals surface area contributed by atoms with Gasteiger partial charge in [-0.15, -0.1) is 0 Å². The maximum atomic E-state index is 13.7. The molecule has 1 aromatic carbocycles. The van der Waals surface area contributed by atoms with E-state index in [0.717, 1.165) is 22.5 Å². The van der Waals surface area contributed by atoms with Crippen molar-refractivity contribution in [1.82, 2.24) is 9.78 Å². The molecule has 2 aromatic rings. The van der Waals surface area contributed by atoms with Crippen molar-refractivity contribution in [1.29, 1.82) is 5.26 Å². The van der Waals surface area contributed by atoms with Gasteiger partial charge in [-0.25, -0.2) is 13.5 Å². The van der Waals surface area contributed by atoms with Crippen LogP contribution in [0.25, 0.3) is 5.69 Å². The van der Waals surface area contributed by atoms with Crippen molar-refractivity contribution in [2.24, 2.45) is 0 Å². The SMILES string of the molecule is CC(C)c1ccn(-c2c(F)cc(C#N)cc2F)n1. The summed E-state index contributed by atoms with van der Waals surface area (Å²) in [6, 6.07) is 5.40. The van der Waals surface area contributed by atoms with E-state index in [1.54, 1.807) is 12.1 Å².